The first-order valence-corrected chi connectivity index (χ1v) is 3.86. The normalized spacial score (nSPS) is 10.5. The van der Waals surface area contributed by atoms with Crippen molar-refractivity contribution in [3.8, 4) is 0 Å². The highest BCUT2D eigenvalue weighted by Crippen LogP contribution is 2.17. The number of hydrogen-bond acceptors (Lipinski definition) is 2. The molecule has 0 fully saturated rings. The number of pyridine rings is 1. The first kappa shape index (κ1) is 8.94. The van der Waals surface area contributed by atoms with E-state index < -0.39 is 0 Å². The van der Waals surface area contributed by atoms with Crippen LogP contribution in [0, 0.1) is 6.92 Å². The number of hydrogen-bond donors (Lipinski definition) is 0. The van der Waals surface area contributed by atoms with Crippen LogP contribution >= 0.6 is 11.6 Å². The largest absolute Gasteiger partial charge is 0.299 e. The molecule has 0 unspecified atom stereocenters. The highest BCUT2D eigenvalue weighted by atomic mass is 35.5. The van der Waals surface area contributed by atoms with Crippen LogP contribution in [0.5, 0.6) is 0 Å². The molecule has 1 rings (SSSR count). The number of halogens is 1. The third-order valence-electron chi connectivity index (χ3n) is 1.50. The lowest BCUT2D eigenvalue weighted by Crippen LogP contribution is -1.85. The molecule has 1 aromatic heterocycles. The van der Waals surface area contributed by atoms with Gasteiger partial charge in [0.05, 0.1) is 0 Å². The number of rotatable bonds is 2. The zero-order valence-electron chi connectivity index (χ0n) is 6.62. The first-order valence-electron chi connectivity index (χ1n) is 3.48. The van der Waals surface area contributed by atoms with Gasteiger partial charge in [0, 0.05) is 11.8 Å². The molecule has 0 atom stereocenters. The fraction of sp³-hybridized carbons (Fsp3) is 0.111. The van der Waals surface area contributed by atoms with E-state index in [1.807, 2.05) is 13.0 Å². The van der Waals surface area contributed by atoms with Gasteiger partial charge in [-0.25, -0.2) is 4.98 Å². The van der Waals surface area contributed by atoms with Crippen LogP contribution in [0.2, 0.25) is 5.15 Å². The second kappa shape index (κ2) is 4.02. The van der Waals surface area contributed by atoms with Crippen molar-refractivity contribution < 1.29 is 4.79 Å². The summed E-state index contributed by atoms with van der Waals surface area (Å²) in [6.45, 7) is 1.91. The van der Waals surface area contributed by atoms with Crippen LogP contribution in [0.15, 0.2) is 18.3 Å². The van der Waals surface area contributed by atoms with Crippen LogP contribution in [0.1, 0.15) is 11.1 Å². The Morgan fingerprint density at radius 2 is 2.33 bits per heavy atom. The molecule has 0 aliphatic carbocycles. The van der Waals surface area contributed by atoms with Gasteiger partial charge >= 0.3 is 0 Å². The molecule has 1 heterocycles. The summed E-state index contributed by atoms with van der Waals surface area (Å²) in [6, 6.07) is 1.84. The Balaban J connectivity index is 3.12. The molecular formula is C9H8ClNO. The summed E-state index contributed by atoms with van der Waals surface area (Å²) in [5, 5.41) is 0.424. The van der Waals surface area contributed by atoms with E-state index in [4.69, 9.17) is 11.6 Å². The summed E-state index contributed by atoms with van der Waals surface area (Å²) in [4.78, 5) is 13.9. The lowest BCUT2D eigenvalue weighted by atomic mass is 10.1. The van der Waals surface area contributed by atoms with Crippen LogP contribution in [0.25, 0.3) is 6.08 Å². The Kier molecular flexibility index (Phi) is 3.00. The molecule has 0 amide bonds. The van der Waals surface area contributed by atoms with E-state index in [9.17, 15) is 4.79 Å². The van der Waals surface area contributed by atoms with Gasteiger partial charge in [0.25, 0.3) is 0 Å². The standard InChI is InChI=1S/C9H8ClNO/c1-7-4-5-11-9(10)8(7)3-2-6-12/h2-6H,1H3. The maximum atomic E-state index is 10.1. The first-order chi connectivity index (χ1) is 5.75. The number of allylic oxidation sites excluding steroid dienone is 1. The zero-order chi connectivity index (χ0) is 8.97. The van der Waals surface area contributed by atoms with Gasteiger partial charge in [-0.05, 0) is 30.7 Å². The Bertz CT molecular complexity index is 300. The van der Waals surface area contributed by atoms with Crippen molar-refractivity contribution in [3.05, 3.63) is 34.6 Å². The minimum atomic E-state index is 0.424. The van der Waals surface area contributed by atoms with Gasteiger partial charge in [0.15, 0.2) is 0 Å². The minimum absolute atomic E-state index is 0.424. The summed E-state index contributed by atoms with van der Waals surface area (Å²) in [5.41, 5.74) is 1.80. The summed E-state index contributed by atoms with van der Waals surface area (Å²) in [5.74, 6) is 0. The van der Waals surface area contributed by atoms with E-state index in [0.29, 0.717) is 11.4 Å². The van der Waals surface area contributed by atoms with Crippen LogP contribution < -0.4 is 0 Å². The van der Waals surface area contributed by atoms with Crippen molar-refractivity contribution >= 4 is 24.0 Å². The van der Waals surface area contributed by atoms with Crippen molar-refractivity contribution in [2.75, 3.05) is 0 Å². The predicted molar refractivity (Wildman–Crippen MR) is 49.1 cm³/mol. The average Bonchev–Trinajstić information content (AvgIpc) is 2.04. The van der Waals surface area contributed by atoms with Crippen molar-refractivity contribution in [3.63, 3.8) is 0 Å². The van der Waals surface area contributed by atoms with Gasteiger partial charge in [0.1, 0.15) is 11.4 Å². The molecule has 0 N–H and O–H groups in total. The second-order valence-corrected chi connectivity index (χ2v) is 2.69. The summed E-state index contributed by atoms with van der Waals surface area (Å²) < 4.78 is 0. The molecule has 12 heavy (non-hydrogen) atoms. The van der Waals surface area contributed by atoms with Gasteiger partial charge in [-0.3, -0.25) is 4.79 Å². The number of carbonyl (C=O) groups is 1. The molecule has 0 spiro atoms. The van der Waals surface area contributed by atoms with Crippen molar-refractivity contribution in [2.45, 2.75) is 6.92 Å². The van der Waals surface area contributed by atoms with E-state index in [2.05, 4.69) is 4.98 Å². The molecule has 0 aliphatic heterocycles. The SMILES string of the molecule is Cc1ccnc(Cl)c1C=CC=O. The molecule has 0 saturated carbocycles. The number of carbonyl (C=O) groups excluding carboxylic acids is 1. The second-order valence-electron chi connectivity index (χ2n) is 2.33. The van der Waals surface area contributed by atoms with E-state index in [0.717, 1.165) is 11.1 Å². The third-order valence-corrected chi connectivity index (χ3v) is 1.80. The molecule has 62 valence electrons. The molecule has 0 aromatic carbocycles. The quantitative estimate of drug-likeness (QED) is 0.398. The highest BCUT2D eigenvalue weighted by molar-refractivity contribution is 6.31. The monoisotopic (exact) mass is 181 g/mol. The fourth-order valence-corrected chi connectivity index (χ4v) is 1.14. The topological polar surface area (TPSA) is 30.0 Å². The minimum Gasteiger partial charge on any atom is -0.299 e. The Morgan fingerprint density at radius 3 is 2.92 bits per heavy atom. The van der Waals surface area contributed by atoms with Crippen LogP contribution in [-0.4, -0.2) is 11.3 Å². The summed E-state index contributed by atoms with van der Waals surface area (Å²) in [6.07, 6.45) is 5.40. The van der Waals surface area contributed by atoms with Gasteiger partial charge in [-0.1, -0.05) is 11.6 Å². The number of aryl methyl sites for hydroxylation is 1. The molecule has 3 heteroatoms. The zero-order valence-corrected chi connectivity index (χ0v) is 7.38. The molecule has 1 aromatic rings. The molecular weight excluding hydrogens is 174 g/mol. The van der Waals surface area contributed by atoms with E-state index in [1.54, 1.807) is 12.3 Å². The van der Waals surface area contributed by atoms with Crippen molar-refractivity contribution in [2.24, 2.45) is 0 Å². The number of aldehydes is 1. The van der Waals surface area contributed by atoms with E-state index >= 15 is 0 Å². The van der Waals surface area contributed by atoms with Crippen molar-refractivity contribution in [1.29, 1.82) is 0 Å². The van der Waals surface area contributed by atoms with Gasteiger partial charge < -0.3 is 0 Å². The molecule has 0 saturated heterocycles. The van der Waals surface area contributed by atoms with E-state index in [1.165, 1.54) is 6.08 Å². The van der Waals surface area contributed by atoms with Crippen LogP contribution in [0.4, 0.5) is 0 Å². The third kappa shape index (κ3) is 1.92. The van der Waals surface area contributed by atoms with E-state index in [-0.39, 0.29) is 0 Å². The Labute approximate surface area is 75.9 Å². The van der Waals surface area contributed by atoms with Crippen LogP contribution in [0.3, 0.4) is 0 Å². The smallest absolute Gasteiger partial charge is 0.142 e. The number of aromatic nitrogens is 1. The average molecular weight is 182 g/mol. The summed E-state index contributed by atoms with van der Waals surface area (Å²) >= 11 is 5.79. The molecule has 0 aliphatic rings. The maximum Gasteiger partial charge on any atom is 0.142 e. The summed E-state index contributed by atoms with van der Waals surface area (Å²) in [7, 11) is 0. The van der Waals surface area contributed by atoms with Gasteiger partial charge in [-0.2, -0.15) is 0 Å². The molecule has 0 bridgehead atoms. The molecule has 2 nitrogen and oxygen atoms in total. The van der Waals surface area contributed by atoms with Crippen molar-refractivity contribution in [1.82, 2.24) is 4.98 Å². The highest BCUT2D eigenvalue weighted by Gasteiger charge is 1.99. The van der Waals surface area contributed by atoms with Crippen LogP contribution in [-0.2, 0) is 4.79 Å². The lowest BCUT2D eigenvalue weighted by molar-refractivity contribution is -0.104. The number of nitrogens with zero attached hydrogens (tertiary/aromatic N) is 1. The predicted octanol–water partition coefficient (Wildman–Crippen LogP) is 2.26. The van der Waals surface area contributed by atoms with Gasteiger partial charge in [0.2, 0.25) is 0 Å². The lowest BCUT2D eigenvalue weighted by Gasteiger charge is -1.99. The fourth-order valence-electron chi connectivity index (χ4n) is 0.872. The maximum absolute atomic E-state index is 10.1. The molecule has 0 radical (unpaired) electrons. The Morgan fingerprint density at radius 1 is 1.58 bits per heavy atom. The van der Waals surface area contributed by atoms with Gasteiger partial charge in [-0.15, -0.1) is 0 Å². The Hall–Kier alpha value is -1.15.